The third kappa shape index (κ3) is 7.37. The van der Waals surface area contributed by atoms with Crippen molar-refractivity contribution in [1.29, 1.82) is 0 Å². The molecule has 0 aliphatic rings. The molecule has 1 N–H and O–H groups in total. The second kappa shape index (κ2) is 5.16. The summed E-state index contributed by atoms with van der Waals surface area (Å²) in [6.07, 6.45) is 1.28. The highest BCUT2D eigenvalue weighted by Gasteiger charge is 2.19. The van der Waals surface area contributed by atoms with E-state index in [1.54, 1.807) is 0 Å². The number of hydrogen-bond donors (Lipinski definition) is 1. The van der Waals surface area contributed by atoms with Gasteiger partial charge in [0.1, 0.15) is 0 Å². The molecule has 0 saturated carbocycles. The van der Waals surface area contributed by atoms with Gasteiger partial charge in [0, 0.05) is 0 Å². The molecule has 0 aliphatic heterocycles. The topological polar surface area (TPSA) is 12.0 Å². The van der Waals surface area contributed by atoms with E-state index in [1.807, 2.05) is 0 Å². The Hall–Kier alpha value is -0.0400. The molecule has 0 aromatic carbocycles. The molecule has 1 atom stereocenters. The lowest BCUT2D eigenvalue weighted by atomic mass is 9.80. The Balaban J connectivity index is 3.56. The molecule has 1 nitrogen and oxygen atoms in total. The summed E-state index contributed by atoms with van der Waals surface area (Å²) in [6, 6.07) is 0. The summed E-state index contributed by atoms with van der Waals surface area (Å²) < 4.78 is 0. The van der Waals surface area contributed by atoms with Crippen molar-refractivity contribution in [1.82, 2.24) is 5.32 Å². The van der Waals surface area contributed by atoms with E-state index in [1.165, 1.54) is 6.42 Å². The Morgan fingerprint density at radius 2 is 1.50 bits per heavy atom. The zero-order valence-electron chi connectivity index (χ0n) is 11.2. The van der Waals surface area contributed by atoms with Crippen molar-refractivity contribution < 1.29 is 0 Å². The van der Waals surface area contributed by atoms with Crippen LogP contribution < -0.4 is 5.32 Å². The highest BCUT2D eigenvalue weighted by Crippen LogP contribution is 2.27. The molecule has 0 radical (unpaired) electrons. The summed E-state index contributed by atoms with van der Waals surface area (Å²) in [4.78, 5) is 0. The average Bonchev–Trinajstić information content (AvgIpc) is 1.93. The fourth-order valence-corrected chi connectivity index (χ4v) is 1.21. The van der Waals surface area contributed by atoms with E-state index in [4.69, 9.17) is 0 Å². The van der Waals surface area contributed by atoms with Crippen molar-refractivity contribution in [2.24, 2.45) is 16.7 Å². The Morgan fingerprint density at radius 3 is 1.86 bits per heavy atom. The van der Waals surface area contributed by atoms with Crippen LogP contribution in [0.3, 0.4) is 0 Å². The summed E-state index contributed by atoms with van der Waals surface area (Å²) in [5, 5.41) is 3.53. The standard InChI is InChI=1S/C13H29N/c1-11(13(5,6)7)8-9-14-10-12(2,3)4/h11,14H,8-10H2,1-7H3/t11-/m1/s1. The molecule has 0 saturated heterocycles. The number of rotatable bonds is 4. The van der Waals surface area contributed by atoms with Crippen molar-refractivity contribution in [3.8, 4) is 0 Å². The van der Waals surface area contributed by atoms with Gasteiger partial charge < -0.3 is 5.32 Å². The van der Waals surface area contributed by atoms with Crippen molar-refractivity contribution in [3.05, 3.63) is 0 Å². The van der Waals surface area contributed by atoms with Crippen molar-refractivity contribution in [2.75, 3.05) is 13.1 Å². The van der Waals surface area contributed by atoms with E-state index >= 15 is 0 Å². The van der Waals surface area contributed by atoms with Gasteiger partial charge in [-0.05, 0) is 36.3 Å². The van der Waals surface area contributed by atoms with Crippen LogP contribution in [0.15, 0.2) is 0 Å². The minimum Gasteiger partial charge on any atom is -0.316 e. The molecule has 86 valence electrons. The van der Waals surface area contributed by atoms with Crippen molar-refractivity contribution in [3.63, 3.8) is 0 Å². The first-order valence-corrected chi connectivity index (χ1v) is 5.83. The number of nitrogens with one attached hydrogen (secondary N) is 1. The van der Waals surface area contributed by atoms with E-state index in [0.717, 1.165) is 19.0 Å². The summed E-state index contributed by atoms with van der Waals surface area (Å²) in [6.45, 7) is 18.4. The molecule has 0 heterocycles. The lowest BCUT2D eigenvalue weighted by Crippen LogP contribution is -2.30. The lowest BCUT2D eigenvalue weighted by molar-refractivity contribution is 0.241. The Kier molecular flexibility index (Phi) is 5.14. The fourth-order valence-electron chi connectivity index (χ4n) is 1.21. The maximum Gasteiger partial charge on any atom is -0.0000124 e. The molecule has 0 aliphatic carbocycles. The molecule has 14 heavy (non-hydrogen) atoms. The number of hydrogen-bond acceptors (Lipinski definition) is 1. The van der Waals surface area contributed by atoms with Gasteiger partial charge in [-0.1, -0.05) is 48.5 Å². The van der Waals surface area contributed by atoms with Gasteiger partial charge in [0.2, 0.25) is 0 Å². The highest BCUT2D eigenvalue weighted by molar-refractivity contribution is 4.71. The Bertz CT molecular complexity index is 148. The molecule has 0 amide bonds. The van der Waals surface area contributed by atoms with Gasteiger partial charge in [0.25, 0.3) is 0 Å². The third-order valence-corrected chi connectivity index (χ3v) is 2.89. The minimum atomic E-state index is 0.408. The van der Waals surface area contributed by atoms with Crippen LogP contribution in [0.2, 0.25) is 0 Å². The molecule has 0 aromatic heterocycles. The van der Waals surface area contributed by atoms with Crippen LogP contribution in [0.4, 0.5) is 0 Å². The summed E-state index contributed by atoms with van der Waals surface area (Å²) in [5.41, 5.74) is 0.856. The lowest BCUT2D eigenvalue weighted by Gasteiger charge is -2.28. The Morgan fingerprint density at radius 1 is 1.00 bits per heavy atom. The molecule has 1 heteroatoms. The van der Waals surface area contributed by atoms with Crippen LogP contribution in [0.5, 0.6) is 0 Å². The summed E-state index contributed by atoms with van der Waals surface area (Å²) >= 11 is 0. The SMILES string of the molecule is C[C@H](CCNCC(C)(C)C)C(C)(C)C. The molecule has 0 spiro atoms. The maximum atomic E-state index is 3.53. The van der Waals surface area contributed by atoms with Gasteiger partial charge in [0.15, 0.2) is 0 Å². The minimum absolute atomic E-state index is 0.408. The average molecular weight is 199 g/mol. The van der Waals surface area contributed by atoms with Crippen molar-refractivity contribution in [2.45, 2.75) is 54.9 Å². The van der Waals surface area contributed by atoms with Crippen LogP contribution in [0.25, 0.3) is 0 Å². The van der Waals surface area contributed by atoms with E-state index < -0.39 is 0 Å². The summed E-state index contributed by atoms with van der Waals surface area (Å²) in [7, 11) is 0. The van der Waals surface area contributed by atoms with Crippen LogP contribution >= 0.6 is 0 Å². The molecule has 0 bridgehead atoms. The fraction of sp³-hybridized carbons (Fsp3) is 1.00. The van der Waals surface area contributed by atoms with Gasteiger partial charge >= 0.3 is 0 Å². The van der Waals surface area contributed by atoms with Gasteiger partial charge in [0.05, 0.1) is 0 Å². The molecular formula is C13H29N. The Labute approximate surface area is 90.7 Å². The second-order valence-corrected chi connectivity index (χ2v) is 6.79. The van der Waals surface area contributed by atoms with E-state index in [0.29, 0.717) is 10.8 Å². The van der Waals surface area contributed by atoms with Gasteiger partial charge in [-0.3, -0.25) is 0 Å². The van der Waals surface area contributed by atoms with Crippen LogP contribution in [-0.2, 0) is 0 Å². The van der Waals surface area contributed by atoms with Crippen LogP contribution in [0.1, 0.15) is 54.9 Å². The normalized spacial score (nSPS) is 15.6. The summed E-state index contributed by atoms with van der Waals surface area (Å²) in [5.74, 6) is 0.787. The van der Waals surface area contributed by atoms with Crippen LogP contribution in [-0.4, -0.2) is 13.1 Å². The predicted molar refractivity (Wildman–Crippen MR) is 65.6 cm³/mol. The largest absolute Gasteiger partial charge is 0.316 e. The van der Waals surface area contributed by atoms with Crippen molar-refractivity contribution >= 4 is 0 Å². The second-order valence-electron chi connectivity index (χ2n) is 6.79. The molecule has 0 rings (SSSR count). The molecule has 0 aromatic rings. The molecule has 0 unspecified atom stereocenters. The molecular weight excluding hydrogens is 170 g/mol. The highest BCUT2D eigenvalue weighted by atomic mass is 14.9. The zero-order chi connectivity index (χ0) is 11.4. The van der Waals surface area contributed by atoms with E-state index in [2.05, 4.69) is 53.8 Å². The molecule has 0 fully saturated rings. The first-order chi connectivity index (χ1) is 6.13. The van der Waals surface area contributed by atoms with Gasteiger partial charge in [-0.25, -0.2) is 0 Å². The maximum absolute atomic E-state index is 3.53. The quantitative estimate of drug-likeness (QED) is 0.681. The van der Waals surface area contributed by atoms with E-state index in [-0.39, 0.29) is 0 Å². The third-order valence-electron chi connectivity index (χ3n) is 2.89. The smallest absolute Gasteiger partial charge is 0.0000124 e. The van der Waals surface area contributed by atoms with Gasteiger partial charge in [-0.2, -0.15) is 0 Å². The predicted octanol–water partition coefficient (Wildman–Crippen LogP) is 3.69. The monoisotopic (exact) mass is 199 g/mol. The van der Waals surface area contributed by atoms with Crippen LogP contribution in [0, 0.1) is 16.7 Å². The first-order valence-electron chi connectivity index (χ1n) is 5.83. The van der Waals surface area contributed by atoms with E-state index in [9.17, 15) is 0 Å². The first kappa shape index (κ1) is 14.0. The van der Waals surface area contributed by atoms with Gasteiger partial charge in [-0.15, -0.1) is 0 Å². The zero-order valence-corrected chi connectivity index (χ0v) is 11.2.